The average molecular weight is 261 g/mol. The summed E-state index contributed by atoms with van der Waals surface area (Å²) in [7, 11) is 0. The largest absolute Gasteiger partial charge is 0.394 e. The summed E-state index contributed by atoms with van der Waals surface area (Å²) >= 11 is 0. The van der Waals surface area contributed by atoms with E-state index in [9.17, 15) is 15.3 Å². The molecule has 0 bridgehead atoms. The van der Waals surface area contributed by atoms with Crippen molar-refractivity contribution in [2.24, 2.45) is 5.92 Å². The van der Waals surface area contributed by atoms with Gasteiger partial charge in [0.15, 0.2) is 6.29 Å². The first-order chi connectivity index (χ1) is 8.42. The maximum Gasteiger partial charge on any atom is 0.187 e. The Labute approximate surface area is 105 Å². The molecule has 1 aliphatic heterocycles. The molecule has 1 rings (SSSR count). The molecule has 1 fully saturated rings. The van der Waals surface area contributed by atoms with Gasteiger partial charge >= 0.3 is 0 Å². The molecule has 0 radical (unpaired) electrons. The fourth-order valence-corrected chi connectivity index (χ4v) is 1.61. The van der Waals surface area contributed by atoms with Gasteiger partial charge in [0.1, 0.15) is 24.4 Å². The van der Waals surface area contributed by atoms with Crippen LogP contribution in [0.25, 0.3) is 0 Å². The van der Waals surface area contributed by atoms with Crippen LogP contribution in [0.3, 0.4) is 0 Å². The third-order valence-corrected chi connectivity index (χ3v) is 3.10. The molecule has 0 aromatic heterocycles. The van der Waals surface area contributed by atoms with Crippen molar-refractivity contribution in [2.45, 2.75) is 50.7 Å². The van der Waals surface area contributed by atoms with Crippen LogP contribution < -0.4 is 0 Å². The number of aliphatic hydroxyl groups excluding tert-OH is 4. The Morgan fingerprint density at radius 2 is 1.83 bits per heavy atom. The molecule has 0 saturated carbocycles. The first-order valence-electron chi connectivity index (χ1n) is 5.78. The molecule has 4 N–H and O–H groups in total. The molecule has 0 spiro atoms. The normalized spacial score (nSPS) is 39.9. The van der Waals surface area contributed by atoms with E-state index in [1.165, 1.54) is 0 Å². The summed E-state index contributed by atoms with van der Waals surface area (Å²) in [4.78, 5) is 0. The van der Waals surface area contributed by atoms with Crippen molar-refractivity contribution >= 4 is 0 Å². The molecule has 0 amide bonds. The van der Waals surface area contributed by atoms with Gasteiger partial charge in [-0.15, -0.1) is 0 Å². The van der Waals surface area contributed by atoms with E-state index in [0.717, 1.165) is 0 Å². The molecule has 18 heavy (non-hydrogen) atoms. The summed E-state index contributed by atoms with van der Waals surface area (Å²) in [6, 6.07) is 1.99. The molecule has 7 nitrogen and oxygen atoms in total. The molecular formula is C11H19NO6. The highest BCUT2D eigenvalue weighted by Gasteiger charge is 2.44. The first-order valence-corrected chi connectivity index (χ1v) is 5.78. The zero-order valence-electron chi connectivity index (χ0n) is 10.3. The Balaban J connectivity index is 2.68. The number of hydrogen-bond donors (Lipinski definition) is 4. The van der Waals surface area contributed by atoms with E-state index in [4.69, 9.17) is 19.8 Å². The van der Waals surface area contributed by atoms with Crippen molar-refractivity contribution in [1.29, 1.82) is 5.26 Å². The molecule has 1 saturated heterocycles. The van der Waals surface area contributed by atoms with Crippen LogP contribution in [0.5, 0.6) is 0 Å². The zero-order chi connectivity index (χ0) is 13.9. The molecule has 1 heterocycles. The zero-order valence-corrected chi connectivity index (χ0v) is 10.3. The minimum Gasteiger partial charge on any atom is -0.394 e. The third kappa shape index (κ3) is 3.17. The van der Waals surface area contributed by atoms with Gasteiger partial charge in [0.2, 0.25) is 0 Å². The second-order valence-electron chi connectivity index (χ2n) is 4.46. The van der Waals surface area contributed by atoms with Crippen LogP contribution >= 0.6 is 0 Å². The van der Waals surface area contributed by atoms with Gasteiger partial charge in [-0.25, -0.2) is 0 Å². The van der Waals surface area contributed by atoms with E-state index in [0.29, 0.717) is 0 Å². The quantitative estimate of drug-likeness (QED) is 0.478. The van der Waals surface area contributed by atoms with Crippen molar-refractivity contribution < 1.29 is 29.9 Å². The summed E-state index contributed by atoms with van der Waals surface area (Å²) in [5.41, 5.74) is 0. The van der Waals surface area contributed by atoms with Crippen molar-refractivity contribution in [3.63, 3.8) is 0 Å². The number of nitriles is 1. The Hall–Kier alpha value is -0.750. The fraction of sp³-hybridized carbons (Fsp3) is 0.909. The van der Waals surface area contributed by atoms with Crippen molar-refractivity contribution in [3.05, 3.63) is 0 Å². The van der Waals surface area contributed by atoms with E-state index in [1.54, 1.807) is 13.8 Å². The van der Waals surface area contributed by atoms with Gasteiger partial charge in [-0.3, -0.25) is 0 Å². The van der Waals surface area contributed by atoms with Crippen molar-refractivity contribution in [2.75, 3.05) is 6.61 Å². The Kier molecular flexibility index (Phi) is 5.47. The van der Waals surface area contributed by atoms with E-state index in [1.807, 2.05) is 6.07 Å². The Bertz CT molecular complexity index is 304. The third-order valence-electron chi connectivity index (χ3n) is 3.10. The van der Waals surface area contributed by atoms with Crippen LogP contribution in [0.2, 0.25) is 0 Å². The molecule has 0 aromatic carbocycles. The average Bonchev–Trinajstić information content (AvgIpc) is 2.38. The Morgan fingerprint density at radius 3 is 2.33 bits per heavy atom. The maximum absolute atomic E-state index is 9.70. The molecule has 1 aliphatic rings. The monoisotopic (exact) mass is 261 g/mol. The highest BCUT2D eigenvalue weighted by Crippen LogP contribution is 2.24. The second kappa shape index (κ2) is 6.43. The van der Waals surface area contributed by atoms with E-state index < -0.39 is 49.3 Å². The molecular weight excluding hydrogens is 242 g/mol. The molecule has 7 heteroatoms. The van der Waals surface area contributed by atoms with Gasteiger partial charge in [0, 0.05) is 0 Å². The number of hydrogen-bond acceptors (Lipinski definition) is 7. The second-order valence-corrected chi connectivity index (χ2v) is 4.46. The minimum atomic E-state index is -1.47. The first kappa shape index (κ1) is 15.3. The van der Waals surface area contributed by atoms with Crippen LogP contribution in [0.4, 0.5) is 0 Å². The summed E-state index contributed by atoms with van der Waals surface area (Å²) in [6.45, 7) is 2.77. The number of rotatable bonds is 4. The molecule has 0 aromatic rings. The van der Waals surface area contributed by atoms with Crippen LogP contribution in [-0.4, -0.2) is 63.8 Å². The molecule has 7 atom stereocenters. The van der Waals surface area contributed by atoms with Crippen LogP contribution in [0.15, 0.2) is 0 Å². The highest BCUT2D eigenvalue weighted by molar-refractivity contribution is 4.90. The fourth-order valence-electron chi connectivity index (χ4n) is 1.61. The standard InChI is InChI=1S/C11H19NO6/c1-5(3-12)6(2)17-11-10(16)9(15)8(14)7(4-13)18-11/h5-11,13-16H,4H2,1-2H3/t5-,6+,7-,8-,9+,10-,11-/m1/s1. The number of nitrogens with zero attached hydrogens (tertiary/aromatic N) is 1. The minimum absolute atomic E-state index is 0.419. The Morgan fingerprint density at radius 1 is 1.22 bits per heavy atom. The molecule has 0 aliphatic carbocycles. The van der Waals surface area contributed by atoms with Crippen LogP contribution in [0, 0.1) is 17.2 Å². The van der Waals surface area contributed by atoms with Crippen molar-refractivity contribution in [1.82, 2.24) is 0 Å². The van der Waals surface area contributed by atoms with Gasteiger partial charge in [-0.2, -0.15) is 5.26 Å². The summed E-state index contributed by atoms with van der Waals surface area (Å²) < 4.78 is 10.5. The lowest BCUT2D eigenvalue weighted by Crippen LogP contribution is -2.59. The smallest absolute Gasteiger partial charge is 0.187 e. The lowest BCUT2D eigenvalue weighted by Gasteiger charge is -2.40. The van der Waals surface area contributed by atoms with Gasteiger partial charge in [-0.1, -0.05) is 0 Å². The predicted molar refractivity (Wildman–Crippen MR) is 59.1 cm³/mol. The van der Waals surface area contributed by atoms with Crippen LogP contribution in [-0.2, 0) is 9.47 Å². The van der Waals surface area contributed by atoms with E-state index >= 15 is 0 Å². The molecule has 0 unspecified atom stereocenters. The van der Waals surface area contributed by atoms with Gasteiger partial charge in [-0.05, 0) is 13.8 Å². The molecule has 104 valence electrons. The van der Waals surface area contributed by atoms with Crippen LogP contribution in [0.1, 0.15) is 13.8 Å². The number of ether oxygens (including phenoxy) is 2. The topological polar surface area (TPSA) is 123 Å². The summed E-state index contributed by atoms with van der Waals surface area (Å²) in [6.07, 6.45) is -7.02. The maximum atomic E-state index is 9.70. The van der Waals surface area contributed by atoms with E-state index in [2.05, 4.69) is 0 Å². The lowest BCUT2D eigenvalue weighted by molar-refractivity contribution is -0.311. The highest BCUT2D eigenvalue weighted by atomic mass is 16.7. The number of aliphatic hydroxyl groups is 4. The summed E-state index contributed by atoms with van der Waals surface area (Å²) in [5.74, 6) is -0.419. The van der Waals surface area contributed by atoms with Gasteiger partial charge in [0.25, 0.3) is 0 Å². The van der Waals surface area contributed by atoms with Gasteiger partial charge < -0.3 is 29.9 Å². The predicted octanol–water partition coefficient (Wildman–Crippen LogP) is -1.65. The summed E-state index contributed by atoms with van der Waals surface area (Å²) in [5, 5.41) is 46.5. The van der Waals surface area contributed by atoms with E-state index in [-0.39, 0.29) is 0 Å². The van der Waals surface area contributed by atoms with Gasteiger partial charge in [0.05, 0.1) is 24.7 Å². The lowest BCUT2D eigenvalue weighted by atomic mass is 9.99. The SMILES string of the molecule is C[C@H](C#N)[C@H](C)O[C@@H]1O[C@H](CO)[C@@H](O)[C@H](O)[C@H]1O. The van der Waals surface area contributed by atoms with Crippen molar-refractivity contribution in [3.8, 4) is 6.07 Å².